The second kappa shape index (κ2) is 3.41. The molecule has 1 rings (SSSR count). The SMILES string of the molecule is C[C@@H](c1ccc(O)cc1)C(C)(C)C. The van der Waals surface area contributed by atoms with Gasteiger partial charge in [0, 0.05) is 0 Å². The quantitative estimate of drug-likeness (QED) is 0.697. The molecule has 0 saturated carbocycles. The third-order valence-electron chi connectivity index (χ3n) is 2.69. The van der Waals surface area contributed by atoms with Gasteiger partial charge in [0.25, 0.3) is 0 Å². The summed E-state index contributed by atoms with van der Waals surface area (Å²) in [6.07, 6.45) is 0. The molecule has 1 atom stereocenters. The molecule has 0 fully saturated rings. The van der Waals surface area contributed by atoms with Gasteiger partial charge in [0.15, 0.2) is 0 Å². The molecule has 0 radical (unpaired) electrons. The summed E-state index contributed by atoms with van der Waals surface area (Å²) in [4.78, 5) is 0. The number of phenolic OH excluding ortho intramolecular Hbond substituents is 1. The van der Waals surface area contributed by atoms with Gasteiger partial charge in [-0.15, -0.1) is 0 Å². The second-order valence-corrected chi connectivity index (χ2v) is 4.68. The molecule has 1 aromatic rings. The van der Waals surface area contributed by atoms with Gasteiger partial charge in [0.05, 0.1) is 0 Å². The van der Waals surface area contributed by atoms with Gasteiger partial charge >= 0.3 is 0 Å². The van der Waals surface area contributed by atoms with Crippen LogP contribution in [0.25, 0.3) is 0 Å². The van der Waals surface area contributed by atoms with Crippen LogP contribution in [-0.4, -0.2) is 5.11 Å². The van der Waals surface area contributed by atoms with E-state index in [2.05, 4.69) is 27.7 Å². The maximum Gasteiger partial charge on any atom is 0.115 e. The van der Waals surface area contributed by atoms with Gasteiger partial charge in [-0.25, -0.2) is 0 Å². The second-order valence-electron chi connectivity index (χ2n) is 4.68. The summed E-state index contributed by atoms with van der Waals surface area (Å²) in [7, 11) is 0. The van der Waals surface area contributed by atoms with Gasteiger partial charge in [0.2, 0.25) is 0 Å². The molecule has 13 heavy (non-hydrogen) atoms. The van der Waals surface area contributed by atoms with Crippen LogP contribution in [0.3, 0.4) is 0 Å². The maximum absolute atomic E-state index is 9.14. The number of rotatable bonds is 1. The Morgan fingerprint density at radius 3 is 1.92 bits per heavy atom. The lowest BCUT2D eigenvalue weighted by atomic mass is 9.78. The van der Waals surface area contributed by atoms with E-state index in [0.29, 0.717) is 11.7 Å². The lowest BCUT2D eigenvalue weighted by molar-refractivity contribution is 0.339. The van der Waals surface area contributed by atoms with Crippen LogP contribution < -0.4 is 0 Å². The predicted molar refractivity (Wildman–Crippen MR) is 56.0 cm³/mol. The van der Waals surface area contributed by atoms with Crippen LogP contribution >= 0.6 is 0 Å². The molecule has 0 saturated heterocycles. The zero-order chi connectivity index (χ0) is 10.1. The number of aromatic hydroxyl groups is 1. The zero-order valence-corrected chi connectivity index (χ0v) is 8.83. The minimum absolute atomic E-state index is 0.275. The summed E-state index contributed by atoms with van der Waals surface area (Å²) in [6, 6.07) is 7.48. The Hall–Kier alpha value is -0.980. The standard InChI is InChI=1S/C12H18O/c1-9(12(2,3)4)10-5-7-11(13)8-6-10/h5-9,13H,1-4H3/t9-/m0/s1. The fourth-order valence-electron chi connectivity index (χ4n) is 1.26. The molecule has 0 spiro atoms. The van der Waals surface area contributed by atoms with E-state index in [4.69, 9.17) is 5.11 Å². The van der Waals surface area contributed by atoms with Crippen molar-refractivity contribution in [2.24, 2.45) is 5.41 Å². The number of hydrogen-bond acceptors (Lipinski definition) is 1. The molecule has 1 N–H and O–H groups in total. The Bertz CT molecular complexity index is 266. The first-order valence-electron chi connectivity index (χ1n) is 4.70. The van der Waals surface area contributed by atoms with E-state index in [1.165, 1.54) is 5.56 Å². The highest BCUT2D eigenvalue weighted by molar-refractivity contribution is 5.28. The van der Waals surface area contributed by atoms with Crippen molar-refractivity contribution in [3.63, 3.8) is 0 Å². The molecule has 0 aliphatic heterocycles. The third-order valence-corrected chi connectivity index (χ3v) is 2.69. The Morgan fingerprint density at radius 2 is 1.54 bits per heavy atom. The molecule has 1 nitrogen and oxygen atoms in total. The number of benzene rings is 1. The average Bonchev–Trinajstić information content (AvgIpc) is 2.03. The van der Waals surface area contributed by atoms with Crippen molar-refractivity contribution in [1.82, 2.24) is 0 Å². The van der Waals surface area contributed by atoms with Crippen LogP contribution in [0, 0.1) is 5.41 Å². The van der Waals surface area contributed by atoms with E-state index < -0.39 is 0 Å². The summed E-state index contributed by atoms with van der Waals surface area (Å²) < 4.78 is 0. The largest absolute Gasteiger partial charge is 0.508 e. The minimum atomic E-state index is 0.275. The van der Waals surface area contributed by atoms with E-state index in [9.17, 15) is 0 Å². The van der Waals surface area contributed by atoms with Crippen molar-refractivity contribution in [3.8, 4) is 5.75 Å². The number of phenols is 1. The van der Waals surface area contributed by atoms with Crippen molar-refractivity contribution in [2.75, 3.05) is 0 Å². The smallest absolute Gasteiger partial charge is 0.115 e. The van der Waals surface area contributed by atoms with Crippen LogP contribution in [-0.2, 0) is 0 Å². The lowest BCUT2D eigenvalue weighted by Gasteiger charge is -2.27. The fourth-order valence-corrected chi connectivity index (χ4v) is 1.26. The molecular weight excluding hydrogens is 160 g/mol. The Balaban J connectivity index is 2.90. The monoisotopic (exact) mass is 178 g/mol. The van der Waals surface area contributed by atoms with Gasteiger partial charge in [-0.2, -0.15) is 0 Å². The van der Waals surface area contributed by atoms with E-state index >= 15 is 0 Å². The van der Waals surface area contributed by atoms with Gasteiger partial charge in [-0.3, -0.25) is 0 Å². The summed E-state index contributed by atoms with van der Waals surface area (Å²) in [5.74, 6) is 0.845. The Kier molecular flexibility index (Phi) is 2.65. The van der Waals surface area contributed by atoms with Crippen molar-refractivity contribution >= 4 is 0 Å². The van der Waals surface area contributed by atoms with Gasteiger partial charge in [0.1, 0.15) is 5.75 Å². The van der Waals surface area contributed by atoms with E-state index in [1.807, 2.05) is 12.1 Å². The normalized spacial score (nSPS) is 14.2. The molecule has 0 amide bonds. The number of hydrogen-bond donors (Lipinski definition) is 1. The van der Waals surface area contributed by atoms with Crippen LogP contribution in [0.5, 0.6) is 5.75 Å². The fraction of sp³-hybridized carbons (Fsp3) is 0.500. The Morgan fingerprint density at radius 1 is 1.08 bits per heavy atom. The summed E-state index contributed by atoms with van der Waals surface area (Å²) in [5, 5.41) is 9.14. The summed E-state index contributed by atoms with van der Waals surface area (Å²) in [6.45, 7) is 8.89. The van der Waals surface area contributed by atoms with Gasteiger partial charge < -0.3 is 5.11 Å². The molecule has 1 heteroatoms. The molecule has 0 unspecified atom stereocenters. The van der Waals surface area contributed by atoms with E-state index in [0.717, 1.165) is 0 Å². The van der Waals surface area contributed by atoms with E-state index in [1.54, 1.807) is 12.1 Å². The highest BCUT2D eigenvalue weighted by atomic mass is 16.3. The molecule has 0 aliphatic rings. The van der Waals surface area contributed by atoms with Crippen molar-refractivity contribution < 1.29 is 5.11 Å². The highest BCUT2D eigenvalue weighted by Gasteiger charge is 2.21. The average molecular weight is 178 g/mol. The van der Waals surface area contributed by atoms with Crippen LogP contribution in [0.15, 0.2) is 24.3 Å². The highest BCUT2D eigenvalue weighted by Crippen LogP contribution is 2.34. The van der Waals surface area contributed by atoms with Gasteiger partial charge in [-0.1, -0.05) is 39.8 Å². The molecule has 0 aliphatic carbocycles. The van der Waals surface area contributed by atoms with Crippen molar-refractivity contribution in [3.05, 3.63) is 29.8 Å². The molecule has 0 heterocycles. The molecule has 0 bridgehead atoms. The molecular formula is C12H18O. The first kappa shape index (κ1) is 10.1. The minimum Gasteiger partial charge on any atom is -0.508 e. The zero-order valence-electron chi connectivity index (χ0n) is 8.83. The van der Waals surface area contributed by atoms with Crippen molar-refractivity contribution in [2.45, 2.75) is 33.6 Å². The molecule has 72 valence electrons. The third kappa shape index (κ3) is 2.48. The first-order valence-corrected chi connectivity index (χ1v) is 4.70. The van der Waals surface area contributed by atoms with Crippen LogP contribution in [0.2, 0.25) is 0 Å². The van der Waals surface area contributed by atoms with Gasteiger partial charge in [-0.05, 0) is 29.0 Å². The van der Waals surface area contributed by atoms with E-state index in [-0.39, 0.29) is 5.41 Å². The predicted octanol–water partition coefficient (Wildman–Crippen LogP) is 3.54. The van der Waals surface area contributed by atoms with Crippen molar-refractivity contribution in [1.29, 1.82) is 0 Å². The summed E-state index contributed by atoms with van der Waals surface area (Å²) in [5.41, 5.74) is 1.56. The van der Waals surface area contributed by atoms with Crippen LogP contribution in [0.1, 0.15) is 39.2 Å². The molecule has 0 aromatic heterocycles. The lowest BCUT2D eigenvalue weighted by Crippen LogP contribution is -2.14. The Labute approximate surface area is 80.4 Å². The van der Waals surface area contributed by atoms with Crippen LogP contribution in [0.4, 0.5) is 0 Å². The first-order chi connectivity index (χ1) is 5.91. The maximum atomic E-state index is 9.14. The molecule has 1 aromatic carbocycles. The summed E-state index contributed by atoms with van der Waals surface area (Å²) >= 11 is 0. The topological polar surface area (TPSA) is 20.2 Å².